The highest BCUT2D eigenvalue weighted by Gasteiger charge is 2.51. The number of aliphatic hydroxyl groups is 1. The smallest absolute Gasteiger partial charge is 0.314 e. The fourth-order valence-electron chi connectivity index (χ4n) is 3.09. The SMILES string of the molecule is O=C(CC[NH+]([O-])O)OCC1OC(OC(=O)CC[NH+]([O-])O)C(OC(=O)CC[NH+]([O-])O)C(O)C1OC(=O)CC[NH+]([O-])O. The number of aliphatic hydroxyl groups excluding tert-OH is 1. The second-order valence-electron chi connectivity index (χ2n) is 8.19. The topological polar surface area (TPSA) is 326 Å². The predicted molar refractivity (Wildman–Crippen MR) is 114 cm³/mol. The van der Waals surface area contributed by atoms with Crippen LogP contribution >= 0.6 is 0 Å². The van der Waals surface area contributed by atoms with E-state index < -0.39 is 134 Å². The number of hydrogen-bond acceptors (Lipinski definition) is 18. The van der Waals surface area contributed by atoms with Crippen molar-refractivity contribution in [2.75, 3.05) is 32.8 Å². The molecule has 22 heteroatoms. The molecule has 1 aliphatic heterocycles. The van der Waals surface area contributed by atoms with Crippen LogP contribution in [0.15, 0.2) is 0 Å². The lowest BCUT2D eigenvalue weighted by Gasteiger charge is -2.42. The van der Waals surface area contributed by atoms with E-state index in [-0.39, 0.29) is 0 Å². The highest BCUT2D eigenvalue weighted by atomic mass is 16.8. The van der Waals surface area contributed by atoms with Gasteiger partial charge in [0.05, 0.1) is 25.7 Å². The zero-order valence-electron chi connectivity index (χ0n) is 20.8. The Morgan fingerprint density at radius 3 is 1.43 bits per heavy atom. The van der Waals surface area contributed by atoms with Crippen molar-refractivity contribution in [3.63, 3.8) is 0 Å². The average Bonchev–Trinajstić information content (AvgIpc) is 2.86. The molecule has 1 aliphatic rings. The van der Waals surface area contributed by atoms with Gasteiger partial charge in [0, 0.05) is 0 Å². The summed E-state index contributed by atoms with van der Waals surface area (Å²) < 4.78 is 25.4. The summed E-state index contributed by atoms with van der Waals surface area (Å²) in [4.78, 5) is 48.4. The van der Waals surface area contributed by atoms with Crippen molar-refractivity contribution in [3.05, 3.63) is 20.8 Å². The largest absolute Gasteiger partial charge is 0.600 e. The van der Waals surface area contributed by atoms with Crippen molar-refractivity contribution in [1.29, 1.82) is 0 Å². The highest BCUT2D eigenvalue weighted by Crippen LogP contribution is 2.28. The zero-order chi connectivity index (χ0) is 30.4. The molecule has 1 fully saturated rings. The molecule has 1 saturated heterocycles. The van der Waals surface area contributed by atoms with E-state index in [1.165, 1.54) is 0 Å². The first-order valence-electron chi connectivity index (χ1n) is 11.6. The van der Waals surface area contributed by atoms with Crippen molar-refractivity contribution in [3.8, 4) is 0 Å². The molecule has 22 nitrogen and oxygen atoms in total. The molecule has 0 radical (unpaired) electrons. The minimum atomic E-state index is -2.09. The summed E-state index contributed by atoms with van der Waals surface area (Å²) in [7, 11) is 0. The van der Waals surface area contributed by atoms with Gasteiger partial charge in [-0.05, 0) is 0 Å². The van der Waals surface area contributed by atoms with Gasteiger partial charge in [-0.2, -0.15) is 0 Å². The number of quaternary nitrogens is 4. The standard InChI is InChI=1S/C18H32N4O18/c23-11(1-5-19(28)29)36-9-10-16(38-12(24)2-6-20(30)31)15(27)17(39-13(25)3-7-21(32)33)18(37-10)40-14(26)4-8-22(34)35/h10,15-22,27-28,30,32,34H,1-9H2. The number of hydrogen-bond donors (Lipinski definition) is 9. The van der Waals surface area contributed by atoms with Crippen LogP contribution in [0, 0.1) is 20.8 Å². The maximum Gasteiger partial charge on any atom is 0.314 e. The number of carbonyl (C=O) groups excluding carboxylic acids is 4. The van der Waals surface area contributed by atoms with E-state index in [1.807, 2.05) is 0 Å². The molecule has 1 heterocycles. The monoisotopic (exact) mass is 592 g/mol. The Balaban J connectivity index is 3.18. The third-order valence-corrected chi connectivity index (χ3v) is 4.98. The Kier molecular flexibility index (Phi) is 15.8. The maximum absolute atomic E-state index is 12.2. The van der Waals surface area contributed by atoms with E-state index in [4.69, 9.17) is 44.5 Å². The van der Waals surface area contributed by atoms with Crippen LogP contribution in [-0.4, -0.2) is 113 Å². The van der Waals surface area contributed by atoms with E-state index >= 15 is 0 Å². The molecule has 232 valence electrons. The van der Waals surface area contributed by atoms with E-state index in [2.05, 4.69) is 0 Å². The molecule has 9 N–H and O–H groups in total. The Hall–Kier alpha value is -2.68. The number of hydroxylamine groups is 8. The number of ether oxygens (including phenoxy) is 5. The van der Waals surface area contributed by atoms with Gasteiger partial charge in [-0.3, -0.25) is 19.2 Å². The third-order valence-electron chi connectivity index (χ3n) is 4.98. The summed E-state index contributed by atoms with van der Waals surface area (Å²) in [5, 5.41) is 83.4. The molecular weight excluding hydrogens is 560 g/mol. The molecule has 0 aliphatic carbocycles. The molecule has 40 heavy (non-hydrogen) atoms. The Morgan fingerprint density at radius 2 is 1.00 bits per heavy atom. The van der Waals surface area contributed by atoms with E-state index in [0.29, 0.717) is 0 Å². The van der Waals surface area contributed by atoms with E-state index in [9.17, 15) is 45.1 Å². The molecule has 0 aromatic carbocycles. The van der Waals surface area contributed by atoms with Gasteiger partial charge in [-0.1, -0.05) is 0 Å². The lowest BCUT2D eigenvalue weighted by molar-refractivity contribution is -1.05. The molecule has 0 amide bonds. The molecule has 0 aromatic heterocycles. The molecule has 0 spiro atoms. The van der Waals surface area contributed by atoms with Crippen LogP contribution in [0.1, 0.15) is 25.7 Å². The second-order valence-corrected chi connectivity index (χ2v) is 8.19. The maximum atomic E-state index is 12.2. The predicted octanol–water partition coefficient (Wildman–Crippen LogP) is -8.37. The van der Waals surface area contributed by atoms with Crippen LogP contribution in [0.5, 0.6) is 0 Å². The minimum Gasteiger partial charge on any atom is -0.600 e. The van der Waals surface area contributed by atoms with Gasteiger partial charge in [-0.15, -0.1) is 0 Å². The summed E-state index contributed by atoms with van der Waals surface area (Å²) in [5.41, 5.74) is 0. The number of nitrogens with one attached hydrogen (secondary N) is 4. The molecular formula is C18H32N4O18. The minimum absolute atomic E-state index is 0.578. The first-order valence-corrected chi connectivity index (χ1v) is 11.6. The number of rotatable bonds is 17. The van der Waals surface area contributed by atoms with Crippen LogP contribution in [0.2, 0.25) is 0 Å². The fraction of sp³-hybridized carbons (Fsp3) is 0.778. The van der Waals surface area contributed by atoms with Gasteiger partial charge in [0.2, 0.25) is 6.29 Å². The number of esters is 4. The Labute approximate surface area is 224 Å². The highest BCUT2D eigenvalue weighted by molar-refractivity contribution is 5.71. The van der Waals surface area contributed by atoms with Crippen LogP contribution in [0.4, 0.5) is 0 Å². The van der Waals surface area contributed by atoms with Gasteiger partial charge in [0.1, 0.15) is 45.0 Å². The quantitative estimate of drug-likeness (QED) is 0.0430. The molecule has 1 rings (SSSR count). The zero-order valence-corrected chi connectivity index (χ0v) is 20.8. The van der Waals surface area contributed by atoms with Gasteiger partial charge in [0.25, 0.3) is 0 Å². The summed E-state index contributed by atoms with van der Waals surface area (Å²) in [6, 6.07) is 0. The molecule has 0 saturated carbocycles. The first-order chi connectivity index (χ1) is 18.7. The molecule has 9 atom stereocenters. The van der Waals surface area contributed by atoms with Crippen molar-refractivity contribution in [2.24, 2.45) is 0 Å². The van der Waals surface area contributed by atoms with Gasteiger partial charge >= 0.3 is 23.9 Å². The Morgan fingerprint density at radius 1 is 0.625 bits per heavy atom. The normalized spacial score (nSPS) is 25.7. The Bertz CT molecular complexity index is 812. The van der Waals surface area contributed by atoms with Crippen LogP contribution < -0.4 is 20.9 Å². The number of carbonyl (C=O) groups is 4. The second kappa shape index (κ2) is 17.9. The van der Waals surface area contributed by atoms with Crippen molar-refractivity contribution < 1.29 is 89.7 Å². The summed E-state index contributed by atoms with van der Waals surface area (Å²) in [6.45, 7) is -3.46. The summed E-state index contributed by atoms with van der Waals surface area (Å²) in [6.07, 6.45) is -12.2. The third kappa shape index (κ3) is 14.1. The lowest BCUT2D eigenvalue weighted by Crippen LogP contribution is -3.04. The van der Waals surface area contributed by atoms with E-state index in [0.717, 1.165) is 0 Å². The van der Waals surface area contributed by atoms with Gasteiger partial charge in [-0.25, -0.2) is 41.7 Å². The summed E-state index contributed by atoms with van der Waals surface area (Å²) in [5.74, 6) is -4.63. The first kappa shape index (κ1) is 35.3. The van der Waals surface area contributed by atoms with Crippen molar-refractivity contribution in [1.82, 2.24) is 0 Å². The fourth-order valence-corrected chi connectivity index (χ4v) is 3.09. The van der Waals surface area contributed by atoms with Crippen molar-refractivity contribution >= 4 is 23.9 Å². The van der Waals surface area contributed by atoms with Crippen LogP contribution in [0.3, 0.4) is 0 Å². The van der Waals surface area contributed by atoms with Crippen LogP contribution in [-0.2, 0) is 42.9 Å². The van der Waals surface area contributed by atoms with Gasteiger partial charge < -0.3 is 49.6 Å². The summed E-state index contributed by atoms with van der Waals surface area (Å²) >= 11 is 0. The average molecular weight is 592 g/mol. The van der Waals surface area contributed by atoms with Crippen LogP contribution in [0.25, 0.3) is 0 Å². The molecule has 0 aromatic rings. The van der Waals surface area contributed by atoms with Crippen molar-refractivity contribution in [2.45, 2.75) is 56.4 Å². The molecule has 0 bridgehead atoms. The molecule has 9 unspecified atom stereocenters. The van der Waals surface area contributed by atoms with E-state index in [1.54, 1.807) is 0 Å². The lowest BCUT2D eigenvalue weighted by atomic mass is 9.98. The van der Waals surface area contributed by atoms with Gasteiger partial charge in [0.15, 0.2) is 12.2 Å².